The quantitative estimate of drug-likeness (QED) is 0.840. The number of rotatable bonds is 6. The summed E-state index contributed by atoms with van der Waals surface area (Å²) in [4.78, 5) is 12.2. The molecule has 3 nitrogen and oxygen atoms in total. The van der Waals surface area contributed by atoms with Gasteiger partial charge in [-0.3, -0.25) is 4.79 Å². The third-order valence-corrected chi connectivity index (χ3v) is 3.90. The molecule has 122 valence electrons. The Morgan fingerprint density at radius 2 is 1.91 bits per heavy atom. The molecule has 0 atom stereocenters. The molecule has 0 saturated carbocycles. The molecule has 0 aromatic heterocycles. The van der Waals surface area contributed by atoms with Crippen LogP contribution in [0.15, 0.2) is 42.5 Å². The second-order valence-corrected chi connectivity index (χ2v) is 6.03. The molecule has 2 rings (SSSR count). The van der Waals surface area contributed by atoms with E-state index in [0.717, 1.165) is 29.0 Å². The van der Waals surface area contributed by atoms with E-state index in [9.17, 15) is 4.79 Å². The molecule has 0 radical (unpaired) electrons. The Balaban J connectivity index is 2.00. The number of nitrogens with one attached hydrogen (secondary N) is 1. The maximum absolute atomic E-state index is 12.2. The first kappa shape index (κ1) is 17.1. The smallest absolute Gasteiger partial charge is 0.262 e. The van der Waals surface area contributed by atoms with Crippen LogP contribution in [-0.4, -0.2) is 12.5 Å². The highest BCUT2D eigenvalue weighted by Crippen LogP contribution is 2.22. The number of anilines is 1. The molecule has 0 saturated heterocycles. The Kier molecular flexibility index (Phi) is 5.80. The largest absolute Gasteiger partial charge is 0.484 e. The molecule has 1 N–H and O–H groups in total. The molecular weight excluding hydrogens is 286 g/mol. The van der Waals surface area contributed by atoms with E-state index in [1.54, 1.807) is 0 Å². The normalized spacial score (nSPS) is 10.7. The van der Waals surface area contributed by atoms with Gasteiger partial charge in [-0.2, -0.15) is 0 Å². The minimum Gasteiger partial charge on any atom is -0.484 e. The van der Waals surface area contributed by atoms with Crippen LogP contribution in [0.3, 0.4) is 0 Å². The van der Waals surface area contributed by atoms with Crippen LogP contribution in [0.5, 0.6) is 5.75 Å². The Bertz CT molecular complexity index is 677. The number of hydrogen-bond acceptors (Lipinski definition) is 2. The molecule has 0 aliphatic rings. The van der Waals surface area contributed by atoms with Crippen LogP contribution in [0.25, 0.3) is 0 Å². The first-order valence-electron chi connectivity index (χ1n) is 8.12. The van der Waals surface area contributed by atoms with Crippen LogP contribution >= 0.6 is 0 Å². The van der Waals surface area contributed by atoms with Crippen molar-refractivity contribution >= 4 is 11.6 Å². The zero-order valence-corrected chi connectivity index (χ0v) is 14.3. The van der Waals surface area contributed by atoms with Crippen LogP contribution in [0.4, 0.5) is 5.69 Å². The highest BCUT2D eigenvalue weighted by molar-refractivity contribution is 5.93. The van der Waals surface area contributed by atoms with Crippen molar-refractivity contribution in [2.24, 2.45) is 0 Å². The van der Waals surface area contributed by atoms with Crippen molar-refractivity contribution in [3.05, 3.63) is 59.2 Å². The molecule has 0 aliphatic carbocycles. The summed E-state index contributed by atoms with van der Waals surface area (Å²) in [7, 11) is 0. The van der Waals surface area contributed by atoms with E-state index >= 15 is 0 Å². The van der Waals surface area contributed by atoms with Crippen LogP contribution in [0.2, 0.25) is 0 Å². The summed E-state index contributed by atoms with van der Waals surface area (Å²) in [5.74, 6) is 1.03. The SMILES string of the molecule is CCc1cccc(C)c1NC(=O)COc1cccc(C(C)C)c1. The fourth-order valence-electron chi connectivity index (χ4n) is 2.49. The predicted molar refractivity (Wildman–Crippen MR) is 95.2 cm³/mol. The fraction of sp³-hybridized carbons (Fsp3) is 0.350. The summed E-state index contributed by atoms with van der Waals surface area (Å²) in [6, 6.07) is 13.9. The number of carbonyl (C=O) groups is 1. The van der Waals surface area contributed by atoms with E-state index in [2.05, 4.69) is 32.2 Å². The van der Waals surface area contributed by atoms with Crippen LogP contribution in [0, 0.1) is 6.92 Å². The topological polar surface area (TPSA) is 38.3 Å². The van der Waals surface area contributed by atoms with Gasteiger partial charge in [0.1, 0.15) is 5.75 Å². The maximum Gasteiger partial charge on any atom is 0.262 e. The molecule has 0 heterocycles. The molecule has 0 fully saturated rings. The number of aryl methyl sites for hydroxylation is 2. The van der Waals surface area contributed by atoms with Gasteiger partial charge in [-0.1, -0.05) is 51.1 Å². The average Bonchev–Trinajstić information content (AvgIpc) is 2.55. The third kappa shape index (κ3) is 4.59. The van der Waals surface area contributed by atoms with Gasteiger partial charge in [-0.05, 0) is 48.1 Å². The van der Waals surface area contributed by atoms with Gasteiger partial charge in [0.25, 0.3) is 5.91 Å². The number of para-hydroxylation sites is 1. The maximum atomic E-state index is 12.2. The van der Waals surface area contributed by atoms with Crippen molar-refractivity contribution in [1.82, 2.24) is 0 Å². The zero-order valence-electron chi connectivity index (χ0n) is 14.3. The molecule has 23 heavy (non-hydrogen) atoms. The van der Waals surface area contributed by atoms with Crippen molar-refractivity contribution in [2.75, 3.05) is 11.9 Å². The van der Waals surface area contributed by atoms with Gasteiger partial charge in [-0.25, -0.2) is 0 Å². The van der Waals surface area contributed by atoms with Gasteiger partial charge >= 0.3 is 0 Å². The van der Waals surface area contributed by atoms with Crippen molar-refractivity contribution in [2.45, 2.75) is 40.0 Å². The number of hydrogen-bond donors (Lipinski definition) is 1. The standard InChI is InChI=1S/C20H25NO2/c1-5-16-9-6-8-15(4)20(16)21-19(22)13-23-18-11-7-10-17(12-18)14(2)3/h6-12,14H,5,13H2,1-4H3,(H,21,22). The lowest BCUT2D eigenvalue weighted by Gasteiger charge is -2.14. The Morgan fingerprint density at radius 3 is 2.61 bits per heavy atom. The molecule has 0 unspecified atom stereocenters. The molecule has 3 heteroatoms. The van der Waals surface area contributed by atoms with Crippen LogP contribution < -0.4 is 10.1 Å². The number of ether oxygens (including phenoxy) is 1. The molecule has 0 spiro atoms. The number of amides is 1. The molecule has 0 bridgehead atoms. The number of carbonyl (C=O) groups excluding carboxylic acids is 1. The summed E-state index contributed by atoms with van der Waals surface area (Å²) in [6.07, 6.45) is 0.884. The molecule has 2 aromatic carbocycles. The lowest BCUT2D eigenvalue weighted by atomic mass is 10.0. The summed E-state index contributed by atoms with van der Waals surface area (Å²) in [6.45, 7) is 8.37. The minimum atomic E-state index is -0.135. The Hall–Kier alpha value is -2.29. The first-order valence-corrected chi connectivity index (χ1v) is 8.12. The van der Waals surface area contributed by atoms with Gasteiger partial charge in [0.2, 0.25) is 0 Å². The second kappa shape index (κ2) is 7.82. The molecule has 1 amide bonds. The molecule has 2 aromatic rings. The van der Waals surface area contributed by atoms with E-state index in [1.165, 1.54) is 5.56 Å². The van der Waals surface area contributed by atoms with E-state index < -0.39 is 0 Å². The first-order chi connectivity index (χ1) is 11.0. The predicted octanol–water partition coefficient (Wildman–Crippen LogP) is 4.70. The van der Waals surface area contributed by atoms with E-state index in [1.807, 2.05) is 43.3 Å². The Morgan fingerprint density at radius 1 is 1.17 bits per heavy atom. The lowest BCUT2D eigenvalue weighted by molar-refractivity contribution is -0.118. The lowest BCUT2D eigenvalue weighted by Crippen LogP contribution is -2.21. The summed E-state index contributed by atoms with van der Waals surface area (Å²) in [5, 5.41) is 2.97. The highest BCUT2D eigenvalue weighted by Gasteiger charge is 2.09. The third-order valence-electron chi connectivity index (χ3n) is 3.90. The van der Waals surface area contributed by atoms with Gasteiger partial charge in [0.15, 0.2) is 6.61 Å². The zero-order chi connectivity index (χ0) is 16.8. The molecule has 0 aliphatic heterocycles. The molecular formula is C20H25NO2. The van der Waals surface area contributed by atoms with E-state index in [0.29, 0.717) is 5.92 Å². The van der Waals surface area contributed by atoms with Crippen LogP contribution in [0.1, 0.15) is 43.4 Å². The van der Waals surface area contributed by atoms with Gasteiger partial charge in [0.05, 0.1) is 0 Å². The van der Waals surface area contributed by atoms with E-state index in [-0.39, 0.29) is 12.5 Å². The summed E-state index contributed by atoms with van der Waals surface area (Å²) < 4.78 is 5.63. The van der Waals surface area contributed by atoms with Crippen molar-refractivity contribution < 1.29 is 9.53 Å². The minimum absolute atomic E-state index is 0.0129. The summed E-state index contributed by atoms with van der Waals surface area (Å²) in [5.41, 5.74) is 4.31. The second-order valence-electron chi connectivity index (χ2n) is 6.03. The number of benzene rings is 2. The van der Waals surface area contributed by atoms with E-state index in [4.69, 9.17) is 4.74 Å². The van der Waals surface area contributed by atoms with Gasteiger partial charge in [0, 0.05) is 5.69 Å². The summed E-state index contributed by atoms with van der Waals surface area (Å²) >= 11 is 0. The fourth-order valence-corrected chi connectivity index (χ4v) is 2.49. The van der Waals surface area contributed by atoms with Crippen molar-refractivity contribution in [3.63, 3.8) is 0 Å². The van der Waals surface area contributed by atoms with Gasteiger partial charge in [-0.15, -0.1) is 0 Å². The van der Waals surface area contributed by atoms with Crippen molar-refractivity contribution in [3.8, 4) is 5.75 Å². The van der Waals surface area contributed by atoms with Gasteiger partial charge < -0.3 is 10.1 Å². The Labute approximate surface area is 138 Å². The van der Waals surface area contributed by atoms with Crippen LogP contribution in [-0.2, 0) is 11.2 Å². The highest BCUT2D eigenvalue weighted by atomic mass is 16.5. The van der Waals surface area contributed by atoms with Crippen molar-refractivity contribution in [1.29, 1.82) is 0 Å². The average molecular weight is 311 g/mol. The monoisotopic (exact) mass is 311 g/mol.